The van der Waals surface area contributed by atoms with Crippen molar-refractivity contribution in [3.05, 3.63) is 59.7 Å². The number of primary amides is 1. The van der Waals surface area contributed by atoms with Crippen molar-refractivity contribution in [3.63, 3.8) is 0 Å². The lowest BCUT2D eigenvalue weighted by molar-refractivity contribution is -0.125. The van der Waals surface area contributed by atoms with Crippen LogP contribution >= 0.6 is 11.8 Å². The molecule has 0 bridgehead atoms. The van der Waals surface area contributed by atoms with Crippen LogP contribution in [0.15, 0.2) is 42.5 Å². The summed E-state index contributed by atoms with van der Waals surface area (Å²) in [4.78, 5) is 38.3. The summed E-state index contributed by atoms with van der Waals surface area (Å²) < 4.78 is 27.2. The van der Waals surface area contributed by atoms with Gasteiger partial charge in [-0.1, -0.05) is 18.2 Å². The molecule has 9 heteroatoms. The number of nitrogens with zero attached hydrogens (tertiary/aromatic N) is 2. The van der Waals surface area contributed by atoms with Crippen LogP contribution in [0.25, 0.3) is 0 Å². The molecule has 2 heterocycles. The third kappa shape index (κ3) is 2.42. The lowest BCUT2D eigenvalue weighted by Crippen LogP contribution is -2.51. The standard InChI is InChI=1S/C18H13F2N3O3S/c19-12-6-5-10(7-13(12)20)23-16(25)9-27-18(23)11-3-1-2-4-14(11)22(17(18)26)8-15(21)24/h1-7H,8-9H2,(H2,21,24)/t18-/m0/s1. The van der Waals surface area contributed by atoms with E-state index >= 15 is 0 Å². The number of amides is 3. The Kier molecular flexibility index (Phi) is 3.92. The molecule has 0 aliphatic carbocycles. The topological polar surface area (TPSA) is 83.7 Å². The minimum Gasteiger partial charge on any atom is -0.368 e. The summed E-state index contributed by atoms with van der Waals surface area (Å²) in [5, 5.41) is 0. The van der Waals surface area contributed by atoms with Gasteiger partial charge in [0.1, 0.15) is 6.54 Å². The second-order valence-corrected chi connectivity index (χ2v) is 7.30. The Labute approximate surface area is 156 Å². The average molecular weight is 389 g/mol. The van der Waals surface area contributed by atoms with E-state index in [-0.39, 0.29) is 18.0 Å². The van der Waals surface area contributed by atoms with Crippen LogP contribution in [0.5, 0.6) is 0 Å². The first-order chi connectivity index (χ1) is 12.9. The van der Waals surface area contributed by atoms with Gasteiger partial charge in [-0.05, 0) is 18.2 Å². The number of carbonyl (C=O) groups is 3. The molecular weight excluding hydrogens is 376 g/mol. The number of rotatable bonds is 3. The number of hydrogen-bond donors (Lipinski definition) is 1. The zero-order valence-corrected chi connectivity index (χ0v) is 14.6. The predicted octanol–water partition coefficient (Wildman–Crippen LogP) is 1.73. The summed E-state index contributed by atoms with van der Waals surface area (Å²) in [5.41, 5.74) is 6.29. The minimum absolute atomic E-state index is 0.0243. The molecule has 1 fully saturated rings. The maximum absolute atomic E-state index is 13.8. The number of thioether (sulfide) groups is 1. The van der Waals surface area contributed by atoms with Crippen LogP contribution in [0.1, 0.15) is 5.56 Å². The van der Waals surface area contributed by atoms with Gasteiger partial charge < -0.3 is 5.73 Å². The SMILES string of the molecule is NC(=O)CN1C(=O)[C@@]2(SCC(=O)N2c2ccc(F)c(F)c2)c2ccccc21. The van der Waals surface area contributed by atoms with Gasteiger partial charge in [0.2, 0.25) is 16.7 Å². The molecule has 2 aromatic carbocycles. The van der Waals surface area contributed by atoms with Crippen molar-refractivity contribution in [3.8, 4) is 0 Å². The van der Waals surface area contributed by atoms with E-state index in [2.05, 4.69) is 0 Å². The monoisotopic (exact) mass is 389 g/mol. The average Bonchev–Trinajstić information content (AvgIpc) is 3.09. The van der Waals surface area contributed by atoms with Crippen LogP contribution in [-0.4, -0.2) is 30.0 Å². The number of hydrogen-bond acceptors (Lipinski definition) is 4. The van der Waals surface area contributed by atoms with Crippen LogP contribution in [-0.2, 0) is 19.3 Å². The van der Waals surface area contributed by atoms with E-state index in [4.69, 9.17) is 5.73 Å². The van der Waals surface area contributed by atoms with E-state index in [0.29, 0.717) is 11.3 Å². The Morgan fingerprint density at radius 3 is 2.59 bits per heavy atom. The second-order valence-electron chi connectivity index (χ2n) is 6.14. The number of fused-ring (bicyclic) bond motifs is 2. The molecule has 4 rings (SSSR count). The Balaban J connectivity index is 1.92. The van der Waals surface area contributed by atoms with Crippen molar-refractivity contribution < 1.29 is 23.2 Å². The zero-order valence-electron chi connectivity index (χ0n) is 13.8. The molecule has 6 nitrogen and oxygen atoms in total. The fourth-order valence-electron chi connectivity index (χ4n) is 3.49. The highest BCUT2D eigenvalue weighted by molar-refractivity contribution is 8.02. The summed E-state index contributed by atoms with van der Waals surface area (Å²) in [6.45, 7) is -0.349. The molecule has 0 radical (unpaired) electrons. The summed E-state index contributed by atoms with van der Waals surface area (Å²) in [6, 6.07) is 9.76. The van der Waals surface area contributed by atoms with Crippen LogP contribution in [0.2, 0.25) is 0 Å². The van der Waals surface area contributed by atoms with E-state index in [1.165, 1.54) is 15.9 Å². The molecule has 2 N–H and O–H groups in total. The van der Waals surface area contributed by atoms with Crippen molar-refractivity contribution in [2.24, 2.45) is 5.73 Å². The molecule has 0 aromatic heterocycles. The molecule has 27 heavy (non-hydrogen) atoms. The largest absolute Gasteiger partial charge is 0.368 e. The van der Waals surface area contributed by atoms with Gasteiger partial charge in [0.05, 0.1) is 11.4 Å². The highest BCUT2D eigenvalue weighted by Gasteiger charge is 2.61. The van der Waals surface area contributed by atoms with E-state index in [1.807, 2.05) is 0 Å². The minimum atomic E-state index is -1.49. The van der Waals surface area contributed by atoms with Gasteiger partial charge in [0, 0.05) is 17.3 Å². The van der Waals surface area contributed by atoms with Gasteiger partial charge >= 0.3 is 0 Å². The fraction of sp³-hybridized carbons (Fsp3) is 0.167. The predicted molar refractivity (Wildman–Crippen MR) is 96.0 cm³/mol. The third-order valence-electron chi connectivity index (χ3n) is 4.54. The molecule has 138 valence electrons. The maximum atomic E-state index is 13.8. The molecular formula is C18H13F2N3O3S. The lowest BCUT2D eigenvalue weighted by atomic mass is 10.0. The van der Waals surface area contributed by atoms with Gasteiger partial charge in [-0.3, -0.25) is 24.2 Å². The number of anilines is 2. The summed E-state index contributed by atoms with van der Waals surface area (Å²) >= 11 is 1.07. The van der Waals surface area contributed by atoms with Crippen LogP contribution in [0.4, 0.5) is 20.2 Å². The fourth-order valence-corrected chi connectivity index (χ4v) is 4.85. The summed E-state index contributed by atoms with van der Waals surface area (Å²) in [6.07, 6.45) is 0. The van der Waals surface area contributed by atoms with Gasteiger partial charge in [0.15, 0.2) is 11.6 Å². The first-order valence-electron chi connectivity index (χ1n) is 7.98. The summed E-state index contributed by atoms with van der Waals surface area (Å²) in [7, 11) is 0. The van der Waals surface area contributed by atoms with E-state index in [9.17, 15) is 23.2 Å². The Morgan fingerprint density at radius 1 is 1.15 bits per heavy atom. The maximum Gasteiger partial charge on any atom is 0.269 e. The van der Waals surface area contributed by atoms with Gasteiger partial charge in [-0.2, -0.15) is 0 Å². The Bertz CT molecular complexity index is 1000. The Hall–Kier alpha value is -2.94. The molecule has 2 aromatic rings. The van der Waals surface area contributed by atoms with Crippen molar-refractivity contribution in [2.45, 2.75) is 4.87 Å². The van der Waals surface area contributed by atoms with Crippen molar-refractivity contribution in [1.29, 1.82) is 0 Å². The lowest BCUT2D eigenvalue weighted by Gasteiger charge is -2.33. The molecule has 0 saturated carbocycles. The van der Waals surface area contributed by atoms with Gasteiger partial charge in [-0.15, -0.1) is 11.8 Å². The molecule has 0 unspecified atom stereocenters. The zero-order chi connectivity index (χ0) is 19.3. The van der Waals surface area contributed by atoms with E-state index in [1.54, 1.807) is 24.3 Å². The first-order valence-corrected chi connectivity index (χ1v) is 8.96. The molecule has 3 amide bonds. The number of halogens is 2. The molecule has 1 spiro atoms. The van der Waals surface area contributed by atoms with Crippen molar-refractivity contribution in [1.82, 2.24) is 0 Å². The number of nitrogens with two attached hydrogens (primary N) is 1. The van der Waals surface area contributed by atoms with Crippen LogP contribution in [0.3, 0.4) is 0 Å². The normalized spacial score (nSPS) is 21.3. The van der Waals surface area contributed by atoms with E-state index < -0.39 is 34.2 Å². The number of carbonyl (C=O) groups excluding carboxylic acids is 3. The second kappa shape index (κ2) is 6.05. The van der Waals surface area contributed by atoms with Gasteiger partial charge in [0.25, 0.3) is 5.91 Å². The van der Waals surface area contributed by atoms with Crippen LogP contribution in [0, 0.1) is 11.6 Å². The molecule has 2 aliphatic rings. The van der Waals surface area contributed by atoms with Crippen molar-refractivity contribution in [2.75, 3.05) is 22.1 Å². The smallest absolute Gasteiger partial charge is 0.269 e. The molecule has 1 atom stereocenters. The number of para-hydroxylation sites is 1. The molecule has 2 aliphatic heterocycles. The third-order valence-corrected chi connectivity index (χ3v) is 5.93. The number of benzene rings is 2. The van der Waals surface area contributed by atoms with Crippen LogP contribution < -0.4 is 15.5 Å². The Morgan fingerprint density at radius 2 is 1.89 bits per heavy atom. The van der Waals surface area contributed by atoms with Gasteiger partial charge in [-0.25, -0.2) is 8.78 Å². The van der Waals surface area contributed by atoms with E-state index in [0.717, 1.165) is 23.9 Å². The highest BCUT2D eigenvalue weighted by Crippen LogP contribution is 2.55. The van der Waals surface area contributed by atoms with Crippen molar-refractivity contribution >= 4 is 40.9 Å². The molecule has 1 saturated heterocycles. The first kappa shape index (κ1) is 17.5. The summed E-state index contributed by atoms with van der Waals surface area (Å²) in [5.74, 6) is -3.86. The highest BCUT2D eigenvalue weighted by atomic mass is 32.2. The quantitative estimate of drug-likeness (QED) is 0.867.